The zero-order chi connectivity index (χ0) is 18.7. The maximum absolute atomic E-state index is 12.7. The lowest BCUT2D eigenvalue weighted by Gasteiger charge is -2.47. The van der Waals surface area contributed by atoms with Crippen LogP contribution in [0, 0.1) is 5.92 Å². The zero-order valence-corrected chi connectivity index (χ0v) is 16.5. The molecule has 1 amide bonds. The Morgan fingerprint density at radius 1 is 1.20 bits per heavy atom. The fraction of sp³-hybridized carbons (Fsp3) is 0.667. The molecule has 0 aliphatic carbocycles. The van der Waals surface area contributed by atoms with E-state index in [1.54, 1.807) is 0 Å². The average Bonchev–Trinajstić information content (AvgIpc) is 2.54. The van der Waals surface area contributed by atoms with Crippen LogP contribution < -0.4 is 11.1 Å². The quantitative estimate of drug-likeness (QED) is 0.862. The first-order valence-corrected chi connectivity index (χ1v) is 9.50. The number of rotatable bonds is 5. The predicted molar refractivity (Wildman–Crippen MR) is 104 cm³/mol. The van der Waals surface area contributed by atoms with Gasteiger partial charge in [0, 0.05) is 24.2 Å². The molecule has 0 aromatic heterocycles. The SMILES string of the molecule is CC(C)C(N)C(=O)NC1(Cc2ccccc2)CCN(C(C)(C)C)CC1. The summed E-state index contributed by atoms with van der Waals surface area (Å²) in [5, 5.41) is 3.34. The summed E-state index contributed by atoms with van der Waals surface area (Å²) in [6.45, 7) is 12.7. The maximum Gasteiger partial charge on any atom is 0.237 e. The van der Waals surface area contributed by atoms with Crippen LogP contribution in [-0.4, -0.2) is 41.0 Å². The van der Waals surface area contributed by atoms with Gasteiger partial charge in [0.05, 0.1) is 6.04 Å². The molecule has 2 rings (SSSR count). The van der Waals surface area contributed by atoms with Crippen molar-refractivity contribution in [2.45, 2.75) is 71.0 Å². The Labute approximate surface area is 153 Å². The topological polar surface area (TPSA) is 58.4 Å². The molecule has 0 spiro atoms. The van der Waals surface area contributed by atoms with Gasteiger partial charge in [-0.2, -0.15) is 0 Å². The summed E-state index contributed by atoms with van der Waals surface area (Å²) in [7, 11) is 0. The first kappa shape index (κ1) is 19.9. The Kier molecular flexibility index (Phi) is 6.28. The highest BCUT2D eigenvalue weighted by molar-refractivity contribution is 5.82. The molecule has 1 fully saturated rings. The van der Waals surface area contributed by atoms with Crippen molar-refractivity contribution in [3.05, 3.63) is 35.9 Å². The number of hydrogen-bond acceptors (Lipinski definition) is 3. The van der Waals surface area contributed by atoms with E-state index in [9.17, 15) is 4.79 Å². The van der Waals surface area contributed by atoms with Crippen LogP contribution in [0.5, 0.6) is 0 Å². The third-order valence-corrected chi connectivity index (χ3v) is 5.46. The van der Waals surface area contributed by atoms with Gasteiger partial charge in [-0.3, -0.25) is 9.69 Å². The summed E-state index contributed by atoms with van der Waals surface area (Å²) in [6, 6.07) is 10.0. The molecule has 4 heteroatoms. The van der Waals surface area contributed by atoms with Crippen LogP contribution in [0.1, 0.15) is 53.0 Å². The summed E-state index contributed by atoms with van der Waals surface area (Å²) in [4.78, 5) is 15.2. The van der Waals surface area contributed by atoms with Gasteiger partial charge in [0.25, 0.3) is 0 Å². The van der Waals surface area contributed by atoms with E-state index < -0.39 is 6.04 Å². The molecule has 1 saturated heterocycles. The second-order valence-corrected chi connectivity index (χ2v) is 8.86. The Morgan fingerprint density at radius 2 is 1.76 bits per heavy atom. The van der Waals surface area contributed by atoms with Crippen LogP contribution >= 0.6 is 0 Å². The first-order valence-electron chi connectivity index (χ1n) is 9.50. The molecular weight excluding hydrogens is 310 g/mol. The largest absolute Gasteiger partial charge is 0.349 e. The smallest absolute Gasteiger partial charge is 0.237 e. The minimum absolute atomic E-state index is 0.0184. The molecule has 1 aromatic carbocycles. The van der Waals surface area contributed by atoms with E-state index in [1.807, 2.05) is 19.9 Å². The van der Waals surface area contributed by atoms with E-state index in [4.69, 9.17) is 5.73 Å². The second kappa shape index (κ2) is 7.88. The van der Waals surface area contributed by atoms with Gasteiger partial charge in [-0.15, -0.1) is 0 Å². The number of benzene rings is 1. The van der Waals surface area contributed by atoms with Crippen molar-refractivity contribution in [2.75, 3.05) is 13.1 Å². The van der Waals surface area contributed by atoms with Crippen molar-refractivity contribution >= 4 is 5.91 Å². The van der Waals surface area contributed by atoms with E-state index in [0.29, 0.717) is 0 Å². The molecule has 1 unspecified atom stereocenters. The van der Waals surface area contributed by atoms with Crippen molar-refractivity contribution in [3.8, 4) is 0 Å². The van der Waals surface area contributed by atoms with E-state index in [1.165, 1.54) is 5.56 Å². The van der Waals surface area contributed by atoms with E-state index in [2.05, 4.69) is 55.3 Å². The van der Waals surface area contributed by atoms with Gasteiger partial charge in [0.15, 0.2) is 0 Å². The van der Waals surface area contributed by atoms with Crippen molar-refractivity contribution in [1.29, 1.82) is 0 Å². The van der Waals surface area contributed by atoms with Crippen LogP contribution in [0.4, 0.5) is 0 Å². The Hall–Kier alpha value is -1.39. The first-order chi connectivity index (χ1) is 11.6. The lowest BCUT2D eigenvalue weighted by molar-refractivity contribution is -0.126. The monoisotopic (exact) mass is 345 g/mol. The van der Waals surface area contributed by atoms with Crippen LogP contribution in [-0.2, 0) is 11.2 Å². The number of nitrogens with zero attached hydrogens (tertiary/aromatic N) is 1. The van der Waals surface area contributed by atoms with Crippen LogP contribution in [0.3, 0.4) is 0 Å². The molecule has 0 radical (unpaired) electrons. The molecule has 0 saturated carbocycles. The number of nitrogens with one attached hydrogen (secondary N) is 1. The number of piperidine rings is 1. The lowest BCUT2D eigenvalue weighted by Crippen LogP contribution is -2.61. The number of carbonyl (C=O) groups excluding carboxylic acids is 1. The molecule has 1 aliphatic rings. The third-order valence-electron chi connectivity index (χ3n) is 5.46. The van der Waals surface area contributed by atoms with Gasteiger partial charge < -0.3 is 11.1 Å². The van der Waals surface area contributed by atoms with Crippen molar-refractivity contribution in [1.82, 2.24) is 10.2 Å². The number of likely N-dealkylation sites (tertiary alicyclic amines) is 1. The number of carbonyl (C=O) groups is 1. The summed E-state index contributed by atoms with van der Waals surface area (Å²) in [6.07, 6.45) is 2.77. The standard InChI is InChI=1S/C21H35N3O/c1-16(2)18(22)19(25)23-21(15-17-9-7-6-8-10-17)11-13-24(14-12-21)20(3,4)5/h6-10,16,18H,11-15,22H2,1-5H3,(H,23,25). The molecule has 1 heterocycles. The number of nitrogens with two attached hydrogens (primary N) is 1. The summed E-state index contributed by atoms with van der Waals surface area (Å²) < 4.78 is 0. The molecule has 1 aromatic rings. The molecule has 25 heavy (non-hydrogen) atoms. The highest BCUT2D eigenvalue weighted by Crippen LogP contribution is 2.30. The van der Waals surface area contributed by atoms with Crippen molar-refractivity contribution in [2.24, 2.45) is 11.7 Å². The zero-order valence-electron chi connectivity index (χ0n) is 16.5. The van der Waals surface area contributed by atoms with Crippen LogP contribution in [0.15, 0.2) is 30.3 Å². The Morgan fingerprint density at radius 3 is 2.24 bits per heavy atom. The third kappa shape index (κ3) is 5.29. The van der Waals surface area contributed by atoms with Crippen molar-refractivity contribution in [3.63, 3.8) is 0 Å². The normalized spacial score (nSPS) is 19.6. The van der Waals surface area contributed by atoms with Gasteiger partial charge >= 0.3 is 0 Å². The van der Waals surface area contributed by atoms with E-state index >= 15 is 0 Å². The Balaban J connectivity index is 2.16. The minimum Gasteiger partial charge on any atom is -0.349 e. The molecule has 0 bridgehead atoms. The van der Waals surface area contributed by atoms with Gasteiger partial charge in [-0.05, 0) is 51.5 Å². The lowest BCUT2D eigenvalue weighted by atomic mass is 9.80. The molecule has 3 N–H and O–H groups in total. The average molecular weight is 346 g/mol. The second-order valence-electron chi connectivity index (χ2n) is 8.86. The number of amides is 1. The molecular formula is C21H35N3O. The maximum atomic E-state index is 12.7. The van der Waals surface area contributed by atoms with Crippen LogP contribution in [0.25, 0.3) is 0 Å². The molecule has 1 aliphatic heterocycles. The van der Waals surface area contributed by atoms with Crippen LogP contribution in [0.2, 0.25) is 0 Å². The van der Waals surface area contributed by atoms with E-state index in [-0.39, 0.29) is 22.9 Å². The molecule has 140 valence electrons. The predicted octanol–water partition coefficient (Wildman–Crippen LogP) is 2.96. The van der Waals surface area contributed by atoms with Gasteiger partial charge in [0.1, 0.15) is 0 Å². The van der Waals surface area contributed by atoms with Crippen molar-refractivity contribution < 1.29 is 4.79 Å². The highest BCUT2D eigenvalue weighted by Gasteiger charge is 2.39. The summed E-state index contributed by atoms with van der Waals surface area (Å²) >= 11 is 0. The molecule has 1 atom stereocenters. The Bertz CT molecular complexity index is 554. The van der Waals surface area contributed by atoms with Gasteiger partial charge in [0.2, 0.25) is 5.91 Å². The fourth-order valence-electron chi connectivity index (χ4n) is 3.59. The van der Waals surface area contributed by atoms with Gasteiger partial charge in [-0.1, -0.05) is 44.2 Å². The van der Waals surface area contributed by atoms with E-state index in [0.717, 1.165) is 32.4 Å². The number of hydrogen-bond donors (Lipinski definition) is 2. The summed E-state index contributed by atoms with van der Waals surface area (Å²) in [5.74, 6) is 0.124. The fourth-order valence-corrected chi connectivity index (χ4v) is 3.59. The summed E-state index contributed by atoms with van der Waals surface area (Å²) in [5.41, 5.74) is 7.33. The molecule has 4 nitrogen and oxygen atoms in total. The highest BCUT2D eigenvalue weighted by atomic mass is 16.2. The minimum atomic E-state index is -0.451. The van der Waals surface area contributed by atoms with Gasteiger partial charge in [-0.25, -0.2) is 0 Å².